The van der Waals surface area contributed by atoms with Crippen molar-refractivity contribution in [1.82, 2.24) is 20.1 Å². The lowest BCUT2D eigenvalue weighted by Crippen LogP contribution is -2.18. The molecule has 19 heavy (non-hydrogen) atoms. The smallest absolute Gasteiger partial charge is 0.0897 e. The van der Waals surface area contributed by atoms with Crippen molar-refractivity contribution in [2.75, 3.05) is 7.05 Å². The number of thiazole rings is 1. The summed E-state index contributed by atoms with van der Waals surface area (Å²) in [7, 11) is 1.99. The zero-order valence-corrected chi connectivity index (χ0v) is 12.9. The topological polar surface area (TPSA) is 42.7 Å². The number of nitrogens with zero attached hydrogens (tertiary/aromatic N) is 3. The highest BCUT2D eigenvalue weighted by Crippen LogP contribution is 2.23. The molecule has 0 aliphatic carbocycles. The van der Waals surface area contributed by atoms with Gasteiger partial charge in [-0.05, 0) is 33.4 Å². The van der Waals surface area contributed by atoms with Gasteiger partial charge in [0.1, 0.15) is 0 Å². The summed E-state index contributed by atoms with van der Waals surface area (Å²) < 4.78 is 2.06. The molecule has 2 rings (SSSR count). The second kappa shape index (κ2) is 6.30. The van der Waals surface area contributed by atoms with Crippen LogP contribution in [-0.4, -0.2) is 21.8 Å². The molecule has 0 fully saturated rings. The van der Waals surface area contributed by atoms with Gasteiger partial charge in [0.2, 0.25) is 0 Å². The number of hydrogen-bond donors (Lipinski definition) is 1. The Morgan fingerprint density at radius 3 is 2.84 bits per heavy atom. The van der Waals surface area contributed by atoms with E-state index in [-0.39, 0.29) is 0 Å². The quantitative estimate of drug-likeness (QED) is 0.883. The third-order valence-corrected chi connectivity index (χ3v) is 4.48. The lowest BCUT2D eigenvalue weighted by Gasteiger charge is -2.12. The van der Waals surface area contributed by atoms with Crippen molar-refractivity contribution in [1.29, 1.82) is 0 Å². The van der Waals surface area contributed by atoms with Crippen LogP contribution in [0.15, 0.2) is 18.5 Å². The summed E-state index contributed by atoms with van der Waals surface area (Å²) in [5.41, 5.74) is 1.13. The lowest BCUT2D eigenvalue weighted by atomic mass is 10.1. The summed E-state index contributed by atoms with van der Waals surface area (Å²) in [5.74, 6) is 0. The molecule has 2 unspecified atom stereocenters. The first-order valence-corrected chi connectivity index (χ1v) is 7.59. The molecular formula is C14H22N4S. The highest BCUT2D eigenvalue weighted by molar-refractivity contribution is 7.11. The SMILES string of the molecule is CCC(C)n1ccc(CC(NC)c2cnc(C)s2)n1. The van der Waals surface area contributed by atoms with E-state index in [0.29, 0.717) is 12.1 Å². The molecule has 2 heterocycles. The van der Waals surface area contributed by atoms with Gasteiger partial charge >= 0.3 is 0 Å². The molecule has 0 aliphatic rings. The van der Waals surface area contributed by atoms with E-state index in [1.165, 1.54) is 4.88 Å². The van der Waals surface area contributed by atoms with Crippen LogP contribution in [0.25, 0.3) is 0 Å². The first-order chi connectivity index (χ1) is 9.13. The standard InChI is InChI=1S/C14H22N4S/c1-5-10(2)18-7-6-12(17-18)8-13(15-4)14-9-16-11(3)19-14/h6-7,9-10,13,15H,5,8H2,1-4H3. The first kappa shape index (κ1) is 14.2. The van der Waals surface area contributed by atoms with Crippen LogP contribution < -0.4 is 5.32 Å². The molecule has 4 nitrogen and oxygen atoms in total. The fourth-order valence-corrected chi connectivity index (χ4v) is 2.91. The van der Waals surface area contributed by atoms with Crippen LogP contribution in [0.5, 0.6) is 0 Å². The molecule has 2 aromatic heterocycles. The van der Waals surface area contributed by atoms with Crippen molar-refractivity contribution in [2.24, 2.45) is 0 Å². The third-order valence-electron chi connectivity index (χ3n) is 3.45. The Bertz CT molecular complexity index is 517. The number of likely N-dealkylation sites (N-methyl/N-ethyl adjacent to an activating group) is 1. The minimum atomic E-state index is 0.298. The monoisotopic (exact) mass is 278 g/mol. The number of nitrogens with one attached hydrogen (secondary N) is 1. The van der Waals surface area contributed by atoms with Crippen molar-refractivity contribution in [3.8, 4) is 0 Å². The molecule has 2 aromatic rings. The number of hydrogen-bond acceptors (Lipinski definition) is 4. The number of rotatable bonds is 6. The Morgan fingerprint density at radius 1 is 1.47 bits per heavy atom. The maximum atomic E-state index is 4.66. The molecule has 0 amide bonds. The Balaban J connectivity index is 2.08. The Kier molecular flexibility index (Phi) is 4.71. The van der Waals surface area contributed by atoms with Gasteiger partial charge in [-0.25, -0.2) is 4.98 Å². The predicted molar refractivity (Wildman–Crippen MR) is 79.6 cm³/mol. The molecule has 0 spiro atoms. The van der Waals surface area contributed by atoms with E-state index >= 15 is 0 Å². The van der Waals surface area contributed by atoms with E-state index in [1.807, 2.05) is 20.2 Å². The van der Waals surface area contributed by atoms with E-state index in [0.717, 1.165) is 23.5 Å². The van der Waals surface area contributed by atoms with Crippen molar-refractivity contribution in [3.63, 3.8) is 0 Å². The third kappa shape index (κ3) is 3.42. The van der Waals surface area contributed by atoms with Crippen LogP contribution in [-0.2, 0) is 6.42 Å². The van der Waals surface area contributed by atoms with Gasteiger partial charge in [0.25, 0.3) is 0 Å². The molecule has 1 N–H and O–H groups in total. The van der Waals surface area contributed by atoms with Crippen LogP contribution in [0.3, 0.4) is 0 Å². The van der Waals surface area contributed by atoms with Crippen LogP contribution in [0, 0.1) is 6.92 Å². The Hall–Kier alpha value is -1.20. The molecule has 0 aromatic carbocycles. The van der Waals surface area contributed by atoms with Crippen molar-refractivity contribution < 1.29 is 0 Å². The van der Waals surface area contributed by atoms with Crippen molar-refractivity contribution in [2.45, 2.75) is 45.7 Å². The molecule has 2 atom stereocenters. The summed E-state index contributed by atoms with van der Waals surface area (Å²) >= 11 is 1.75. The van der Waals surface area contributed by atoms with Gasteiger partial charge in [-0.2, -0.15) is 5.10 Å². The number of aryl methyl sites for hydroxylation is 1. The molecule has 0 bridgehead atoms. The van der Waals surface area contributed by atoms with E-state index in [4.69, 9.17) is 0 Å². The summed E-state index contributed by atoms with van der Waals surface area (Å²) in [6.45, 7) is 6.42. The van der Waals surface area contributed by atoms with Crippen molar-refractivity contribution in [3.05, 3.63) is 34.0 Å². The zero-order valence-electron chi connectivity index (χ0n) is 12.1. The van der Waals surface area contributed by atoms with E-state index in [9.17, 15) is 0 Å². The fraction of sp³-hybridized carbons (Fsp3) is 0.571. The average molecular weight is 278 g/mol. The van der Waals surface area contributed by atoms with Crippen LogP contribution in [0.2, 0.25) is 0 Å². The lowest BCUT2D eigenvalue weighted by molar-refractivity contribution is 0.469. The van der Waals surface area contributed by atoms with Gasteiger partial charge < -0.3 is 5.32 Å². The molecular weight excluding hydrogens is 256 g/mol. The summed E-state index contributed by atoms with van der Waals surface area (Å²) in [6.07, 6.45) is 6.05. The van der Waals surface area contributed by atoms with Gasteiger partial charge in [-0.3, -0.25) is 4.68 Å². The van der Waals surface area contributed by atoms with Gasteiger partial charge in [0.05, 0.1) is 10.7 Å². The van der Waals surface area contributed by atoms with Crippen LogP contribution in [0.1, 0.15) is 47.9 Å². The molecule has 104 valence electrons. The highest BCUT2D eigenvalue weighted by atomic mass is 32.1. The predicted octanol–water partition coefficient (Wildman–Crippen LogP) is 3.12. The number of aromatic nitrogens is 3. The molecule has 0 radical (unpaired) electrons. The maximum Gasteiger partial charge on any atom is 0.0897 e. The fourth-order valence-electron chi connectivity index (χ4n) is 2.01. The second-order valence-corrected chi connectivity index (χ2v) is 6.14. The summed E-state index contributed by atoms with van der Waals surface area (Å²) in [4.78, 5) is 5.60. The Morgan fingerprint density at radius 2 is 2.26 bits per heavy atom. The highest BCUT2D eigenvalue weighted by Gasteiger charge is 2.15. The van der Waals surface area contributed by atoms with Gasteiger partial charge in [0, 0.05) is 35.8 Å². The van der Waals surface area contributed by atoms with Crippen LogP contribution >= 0.6 is 11.3 Å². The van der Waals surface area contributed by atoms with Crippen LogP contribution in [0.4, 0.5) is 0 Å². The van der Waals surface area contributed by atoms with E-state index < -0.39 is 0 Å². The van der Waals surface area contributed by atoms with E-state index in [2.05, 4.69) is 46.2 Å². The summed E-state index contributed by atoms with van der Waals surface area (Å²) in [5, 5.41) is 9.13. The van der Waals surface area contributed by atoms with Gasteiger partial charge in [-0.15, -0.1) is 11.3 Å². The maximum absolute atomic E-state index is 4.66. The molecule has 0 aliphatic heterocycles. The summed E-state index contributed by atoms with van der Waals surface area (Å²) in [6, 6.07) is 2.88. The van der Waals surface area contributed by atoms with Gasteiger partial charge in [0.15, 0.2) is 0 Å². The largest absolute Gasteiger partial charge is 0.312 e. The Labute approximate surface area is 118 Å². The molecule has 0 saturated carbocycles. The minimum Gasteiger partial charge on any atom is -0.312 e. The van der Waals surface area contributed by atoms with Crippen molar-refractivity contribution >= 4 is 11.3 Å². The second-order valence-electron chi connectivity index (χ2n) is 4.87. The first-order valence-electron chi connectivity index (χ1n) is 6.77. The minimum absolute atomic E-state index is 0.298. The normalized spacial score (nSPS) is 14.5. The average Bonchev–Trinajstić information content (AvgIpc) is 3.04. The molecule has 0 saturated heterocycles. The van der Waals surface area contributed by atoms with Gasteiger partial charge in [-0.1, -0.05) is 6.92 Å². The van der Waals surface area contributed by atoms with E-state index in [1.54, 1.807) is 11.3 Å². The zero-order chi connectivity index (χ0) is 13.8. The molecule has 5 heteroatoms.